The Bertz CT molecular complexity index is 612. The van der Waals surface area contributed by atoms with Crippen LogP contribution in [-0.4, -0.2) is 21.9 Å². The van der Waals surface area contributed by atoms with Crippen LogP contribution in [-0.2, 0) is 6.42 Å². The number of unbranched alkanes of at least 4 members (excludes halogenated alkanes) is 2. The number of aliphatic hydroxyl groups excluding tert-OH is 1. The zero-order valence-electron chi connectivity index (χ0n) is 12.6. The second-order valence-corrected chi connectivity index (χ2v) is 5.40. The van der Waals surface area contributed by atoms with Crippen LogP contribution in [0.2, 0.25) is 0 Å². The Morgan fingerprint density at radius 2 is 1.50 bits per heavy atom. The molecule has 22 heavy (non-hydrogen) atoms. The van der Waals surface area contributed by atoms with E-state index in [4.69, 9.17) is 5.11 Å². The smallest absolute Gasteiger partial charge is 0.119 e. The van der Waals surface area contributed by atoms with Gasteiger partial charge in [-0.05, 0) is 48.1 Å². The van der Waals surface area contributed by atoms with E-state index in [9.17, 15) is 10.2 Å². The third-order valence-electron chi connectivity index (χ3n) is 3.47. The number of benzene rings is 2. The molecule has 0 aromatic heterocycles. The Morgan fingerprint density at radius 3 is 2.23 bits per heavy atom. The average Bonchev–Trinajstić information content (AvgIpc) is 2.49. The van der Waals surface area contributed by atoms with E-state index >= 15 is 0 Å². The first kappa shape index (κ1) is 16.1. The molecule has 0 saturated heterocycles. The summed E-state index contributed by atoms with van der Waals surface area (Å²) in [6.07, 6.45) is 7.82. The van der Waals surface area contributed by atoms with E-state index in [1.807, 2.05) is 24.3 Å². The molecule has 0 spiro atoms. The highest BCUT2D eigenvalue weighted by Gasteiger charge is 1.97. The van der Waals surface area contributed by atoms with Gasteiger partial charge in [0.05, 0.1) is 0 Å². The normalized spacial score (nSPS) is 11.1. The van der Waals surface area contributed by atoms with E-state index < -0.39 is 0 Å². The van der Waals surface area contributed by atoms with Crippen LogP contribution < -0.4 is 0 Å². The molecule has 2 aromatic rings. The molecule has 0 heterocycles. The molecule has 2 rings (SSSR count). The summed E-state index contributed by atoms with van der Waals surface area (Å²) >= 11 is 0. The Balaban J connectivity index is 2.01. The fourth-order valence-corrected chi connectivity index (χ4v) is 2.38. The summed E-state index contributed by atoms with van der Waals surface area (Å²) < 4.78 is 0. The van der Waals surface area contributed by atoms with E-state index in [1.165, 1.54) is 11.6 Å². The fourth-order valence-electron chi connectivity index (χ4n) is 2.38. The van der Waals surface area contributed by atoms with Crippen LogP contribution >= 0.6 is 0 Å². The van der Waals surface area contributed by atoms with Gasteiger partial charge in [0.25, 0.3) is 0 Å². The van der Waals surface area contributed by atoms with Crippen LogP contribution in [0.1, 0.15) is 36.0 Å². The Labute approximate surface area is 131 Å². The number of aromatic hydroxyl groups is 2. The Kier molecular flexibility index (Phi) is 6.04. The first-order valence-electron chi connectivity index (χ1n) is 7.58. The van der Waals surface area contributed by atoms with Crippen LogP contribution in [0.15, 0.2) is 42.5 Å². The van der Waals surface area contributed by atoms with Crippen molar-refractivity contribution in [1.82, 2.24) is 0 Å². The quantitative estimate of drug-likeness (QED) is 0.535. The zero-order chi connectivity index (χ0) is 15.8. The van der Waals surface area contributed by atoms with Crippen molar-refractivity contribution in [3.8, 4) is 11.5 Å². The number of aliphatic hydroxyl groups is 1. The highest BCUT2D eigenvalue weighted by Crippen LogP contribution is 2.22. The summed E-state index contributed by atoms with van der Waals surface area (Å²) in [5.41, 5.74) is 3.12. The van der Waals surface area contributed by atoms with Gasteiger partial charge in [0.1, 0.15) is 11.5 Å². The van der Waals surface area contributed by atoms with Gasteiger partial charge in [0.2, 0.25) is 0 Å². The molecule has 0 unspecified atom stereocenters. The zero-order valence-corrected chi connectivity index (χ0v) is 12.6. The van der Waals surface area contributed by atoms with Crippen molar-refractivity contribution in [2.75, 3.05) is 6.61 Å². The Hall–Kier alpha value is -2.26. The summed E-state index contributed by atoms with van der Waals surface area (Å²) in [6, 6.07) is 12.8. The highest BCUT2D eigenvalue weighted by molar-refractivity contribution is 5.71. The van der Waals surface area contributed by atoms with Crippen LogP contribution in [0.3, 0.4) is 0 Å². The van der Waals surface area contributed by atoms with Gasteiger partial charge in [-0.1, -0.05) is 42.8 Å². The highest BCUT2D eigenvalue weighted by atomic mass is 16.3. The predicted molar refractivity (Wildman–Crippen MR) is 89.8 cm³/mol. The topological polar surface area (TPSA) is 60.7 Å². The monoisotopic (exact) mass is 298 g/mol. The molecule has 0 radical (unpaired) electrons. The molecule has 0 aliphatic rings. The summed E-state index contributed by atoms with van der Waals surface area (Å²) in [5.74, 6) is 0.106. The minimum Gasteiger partial charge on any atom is -0.508 e. The third kappa shape index (κ3) is 5.26. The van der Waals surface area contributed by atoms with Crippen LogP contribution in [0, 0.1) is 0 Å². The average molecular weight is 298 g/mol. The molecule has 0 amide bonds. The predicted octanol–water partition coefficient (Wildman–Crippen LogP) is 3.97. The molecule has 0 saturated carbocycles. The van der Waals surface area contributed by atoms with Gasteiger partial charge >= 0.3 is 0 Å². The Morgan fingerprint density at radius 1 is 0.773 bits per heavy atom. The molecule has 3 nitrogen and oxygen atoms in total. The minimum absolute atomic E-state index is 0.0530. The van der Waals surface area contributed by atoms with Crippen molar-refractivity contribution in [3.63, 3.8) is 0 Å². The molecule has 116 valence electrons. The number of hydrogen-bond donors (Lipinski definition) is 3. The van der Waals surface area contributed by atoms with Crippen molar-refractivity contribution in [1.29, 1.82) is 0 Å². The second kappa shape index (κ2) is 8.25. The van der Waals surface area contributed by atoms with Gasteiger partial charge < -0.3 is 15.3 Å². The number of phenolic OH excluding ortho intramolecular Hbond substituents is 2. The summed E-state index contributed by atoms with van der Waals surface area (Å²) in [7, 11) is 0. The molecule has 0 aliphatic carbocycles. The molecular formula is C19H22O3. The van der Waals surface area contributed by atoms with E-state index in [2.05, 4.69) is 12.1 Å². The molecule has 3 N–H and O–H groups in total. The summed E-state index contributed by atoms with van der Waals surface area (Å²) in [6.45, 7) is 0.263. The lowest BCUT2D eigenvalue weighted by Crippen LogP contribution is -1.88. The number of hydrogen-bond acceptors (Lipinski definition) is 3. The third-order valence-corrected chi connectivity index (χ3v) is 3.47. The summed E-state index contributed by atoms with van der Waals surface area (Å²) in [5, 5.41) is 27.7. The summed E-state index contributed by atoms with van der Waals surface area (Å²) in [4.78, 5) is 0. The maximum atomic E-state index is 9.46. The minimum atomic E-state index is 0.0530. The van der Waals surface area contributed by atoms with Crippen molar-refractivity contribution >= 4 is 12.2 Å². The van der Waals surface area contributed by atoms with Gasteiger partial charge in [-0.3, -0.25) is 0 Å². The molecule has 3 heteroatoms. The molecule has 0 aliphatic heterocycles. The van der Waals surface area contributed by atoms with E-state index in [-0.39, 0.29) is 18.1 Å². The lowest BCUT2D eigenvalue weighted by molar-refractivity contribution is 0.283. The maximum absolute atomic E-state index is 9.46. The first-order valence-corrected chi connectivity index (χ1v) is 7.58. The van der Waals surface area contributed by atoms with Gasteiger partial charge in [-0.25, -0.2) is 0 Å². The number of aryl methyl sites for hydroxylation is 1. The second-order valence-electron chi connectivity index (χ2n) is 5.40. The maximum Gasteiger partial charge on any atom is 0.119 e. The number of rotatable bonds is 7. The van der Waals surface area contributed by atoms with Crippen molar-refractivity contribution < 1.29 is 15.3 Å². The lowest BCUT2D eigenvalue weighted by atomic mass is 10.0. The van der Waals surface area contributed by atoms with Crippen LogP contribution in [0.5, 0.6) is 11.5 Å². The molecular weight excluding hydrogens is 276 g/mol. The van der Waals surface area contributed by atoms with E-state index in [1.54, 1.807) is 12.1 Å². The van der Waals surface area contributed by atoms with Crippen molar-refractivity contribution in [2.45, 2.75) is 25.7 Å². The van der Waals surface area contributed by atoms with Crippen molar-refractivity contribution in [3.05, 3.63) is 59.2 Å². The molecule has 0 fully saturated rings. The SMILES string of the molecule is OCCCCCc1cccc(C=Cc2cc(O)cc(O)c2)c1. The van der Waals surface area contributed by atoms with Crippen LogP contribution in [0.4, 0.5) is 0 Å². The van der Waals surface area contributed by atoms with E-state index in [0.29, 0.717) is 0 Å². The van der Waals surface area contributed by atoms with E-state index in [0.717, 1.165) is 36.8 Å². The lowest BCUT2D eigenvalue weighted by Gasteiger charge is -2.03. The largest absolute Gasteiger partial charge is 0.508 e. The van der Waals surface area contributed by atoms with Crippen molar-refractivity contribution in [2.24, 2.45) is 0 Å². The number of phenols is 2. The standard InChI is InChI=1S/C19H22O3/c20-10-3-1-2-5-15-6-4-7-16(11-15)8-9-17-12-18(21)14-19(22)13-17/h4,6-9,11-14,20-22H,1-3,5,10H2. The van der Waals surface area contributed by atoms with Gasteiger partial charge in [-0.15, -0.1) is 0 Å². The van der Waals surface area contributed by atoms with Gasteiger partial charge in [-0.2, -0.15) is 0 Å². The molecule has 0 bridgehead atoms. The molecule has 2 aromatic carbocycles. The first-order chi connectivity index (χ1) is 10.7. The fraction of sp³-hybridized carbons (Fsp3) is 0.263. The van der Waals surface area contributed by atoms with Gasteiger partial charge in [0, 0.05) is 12.7 Å². The van der Waals surface area contributed by atoms with Crippen LogP contribution in [0.25, 0.3) is 12.2 Å². The molecule has 0 atom stereocenters. The van der Waals surface area contributed by atoms with Gasteiger partial charge in [0.15, 0.2) is 0 Å².